The molecular formula is C34H14N16O2. The molecule has 0 atom stereocenters. The van der Waals surface area contributed by atoms with Gasteiger partial charge in [0.15, 0.2) is 39.6 Å². The summed E-state index contributed by atoms with van der Waals surface area (Å²) >= 11 is 0. The van der Waals surface area contributed by atoms with E-state index in [-0.39, 0.29) is 0 Å². The van der Waals surface area contributed by atoms with E-state index >= 15 is 0 Å². The molecule has 0 spiro atoms. The molecule has 0 aliphatic carbocycles. The lowest BCUT2D eigenvalue weighted by molar-refractivity contribution is 0.650. The number of aromatic nitrogens is 16. The maximum atomic E-state index is 6.34. The Morgan fingerprint density at radius 2 is 1.31 bits per heavy atom. The molecule has 52 heavy (non-hydrogen) atoms. The van der Waals surface area contributed by atoms with E-state index in [9.17, 15) is 0 Å². The minimum absolute atomic E-state index is 0.309. The molecule has 12 aromatic heterocycles. The number of fused-ring (bicyclic) bond motifs is 12. The molecule has 242 valence electrons. The Balaban J connectivity index is 1.06. The predicted octanol–water partition coefficient (Wildman–Crippen LogP) is 4.88. The predicted molar refractivity (Wildman–Crippen MR) is 184 cm³/mol. The van der Waals surface area contributed by atoms with Gasteiger partial charge in [0, 0.05) is 31.0 Å². The zero-order valence-electron chi connectivity index (χ0n) is 26.1. The number of pyridine rings is 2. The van der Waals surface area contributed by atoms with Crippen LogP contribution >= 0.6 is 0 Å². The summed E-state index contributed by atoms with van der Waals surface area (Å²) < 4.78 is 16.3. The average molecular weight is 679 g/mol. The molecule has 12 aromatic rings. The highest BCUT2D eigenvalue weighted by Crippen LogP contribution is 2.37. The third kappa shape index (κ3) is 3.50. The first-order chi connectivity index (χ1) is 25.8. The SMILES string of the molecule is c1ncc2c(n1)oc1c(-n3c4cnc(-c5ncnc6c5oc5cnc(-n7c8cncnc8c8cncnc87)cc56)nc4c4nccnc43)cncc12. The molecule has 0 amide bonds. The summed E-state index contributed by atoms with van der Waals surface area (Å²) in [5.74, 6) is 0.886. The first-order valence-corrected chi connectivity index (χ1v) is 15.7. The molecule has 12 heterocycles. The van der Waals surface area contributed by atoms with Crippen LogP contribution in [0, 0.1) is 0 Å². The van der Waals surface area contributed by atoms with Gasteiger partial charge in [0.1, 0.15) is 58.9 Å². The molecule has 0 bridgehead atoms. The summed E-state index contributed by atoms with van der Waals surface area (Å²) in [7, 11) is 0. The molecular weight excluding hydrogens is 664 g/mol. The number of rotatable bonds is 3. The second-order valence-electron chi connectivity index (χ2n) is 11.8. The highest BCUT2D eigenvalue weighted by Gasteiger charge is 2.24. The summed E-state index contributed by atoms with van der Waals surface area (Å²) in [5.41, 5.74) is 7.86. The zero-order chi connectivity index (χ0) is 33.9. The van der Waals surface area contributed by atoms with Gasteiger partial charge in [-0.2, -0.15) is 0 Å². The van der Waals surface area contributed by atoms with Gasteiger partial charge in [-0.1, -0.05) is 0 Å². The summed E-state index contributed by atoms with van der Waals surface area (Å²) in [6.07, 6.45) is 21.0. The summed E-state index contributed by atoms with van der Waals surface area (Å²) in [6.45, 7) is 0. The number of furan rings is 2. The van der Waals surface area contributed by atoms with Gasteiger partial charge in [0.2, 0.25) is 5.71 Å². The third-order valence-electron chi connectivity index (χ3n) is 9.07. The van der Waals surface area contributed by atoms with E-state index in [1.54, 1.807) is 55.8 Å². The Morgan fingerprint density at radius 1 is 0.481 bits per heavy atom. The minimum Gasteiger partial charge on any atom is -0.450 e. The Bertz CT molecular complexity index is 3400. The Labute approximate surface area is 286 Å². The fraction of sp³-hybridized carbons (Fsp3) is 0. The second kappa shape index (κ2) is 9.79. The lowest BCUT2D eigenvalue weighted by Gasteiger charge is -2.06. The average Bonchev–Trinajstić information content (AvgIpc) is 3.95. The van der Waals surface area contributed by atoms with Crippen LogP contribution in [0.25, 0.3) is 111 Å². The summed E-state index contributed by atoms with van der Waals surface area (Å²) in [4.78, 5) is 63.4. The molecule has 0 aliphatic heterocycles. The van der Waals surface area contributed by atoms with Gasteiger partial charge in [-0.25, -0.2) is 64.8 Å². The normalized spacial score (nSPS) is 12.2. The van der Waals surface area contributed by atoms with E-state index in [1.807, 2.05) is 15.2 Å². The Morgan fingerprint density at radius 3 is 2.29 bits per heavy atom. The molecule has 18 heteroatoms. The maximum absolute atomic E-state index is 6.34. The van der Waals surface area contributed by atoms with Gasteiger partial charge in [-0.15, -0.1) is 0 Å². The Kier molecular flexibility index (Phi) is 5.06. The van der Waals surface area contributed by atoms with Crippen molar-refractivity contribution in [1.82, 2.24) is 78.9 Å². The molecule has 0 unspecified atom stereocenters. The smallest absolute Gasteiger partial charge is 0.230 e. The van der Waals surface area contributed by atoms with Crippen LogP contribution in [0.4, 0.5) is 0 Å². The first kappa shape index (κ1) is 26.9. The van der Waals surface area contributed by atoms with Crippen molar-refractivity contribution in [2.75, 3.05) is 0 Å². The van der Waals surface area contributed by atoms with Crippen molar-refractivity contribution in [3.8, 4) is 23.0 Å². The van der Waals surface area contributed by atoms with Gasteiger partial charge in [0.25, 0.3) is 0 Å². The lowest BCUT2D eigenvalue weighted by atomic mass is 10.2. The molecule has 18 nitrogen and oxygen atoms in total. The van der Waals surface area contributed by atoms with Crippen LogP contribution < -0.4 is 0 Å². The second-order valence-corrected chi connectivity index (χ2v) is 11.8. The van der Waals surface area contributed by atoms with Crippen molar-refractivity contribution in [3.63, 3.8) is 0 Å². The highest BCUT2D eigenvalue weighted by molar-refractivity contribution is 6.10. The van der Waals surface area contributed by atoms with Gasteiger partial charge < -0.3 is 8.83 Å². The maximum Gasteiger partial charge on any atom is 0.230 e. The van der Waals surface area contributed by atoms with Gasteiger partial charge in [0.05, 0.1) is 57.4 Å². The lowest BCUT2D eigenvalue weighted by Crippen LogP contribution is -1.99. The van der Waals surface area contributed by atoms with E-state index in [2.05, 4.69) is 54.8 Å². The largest absolute Gasteiger partial charge is 0.450 e. The van der Waals surface area contributed by atoms with E-state index < -0.39 is 0 Å². The van der Waals surface area contributed by atoms with E-state index in [0.717, 1.165) is 21.7 Å². The van der Waals surface area contributed by atoms with Crippen molar-refractivity contribution in [1.29, 1.82) is 0 Å². The minimum atomic E-state index is 0.309. The van der Waals surface area contributed by atoms with Crippen LogP contribution in [0.5, 0.6) is 0 Å². The van der Waals surface area contributed by atoms with Gasteiger partial charge in [-0.05, 0) is 6.07 Å². The van der Waals surface area contributed by atoms with Crippen LogP contribution in [-0.2, 0) is 0 Å². The molecule has 12 rings (SSSR count). The van der Waals surface area contributed by atoms with Crippen LogP contribution in [0.1, 0.15) is 0 Å². The number of hydrogen-bond donors (Lipinski definition) is 0. The van der Waals surface area contributed by atoms with Crippen LogP contribution in [0.3, 0.4) is 0 Å². The fourth-order valence-electron chi connectivity index (χ4n) is 6.88. The molecule has 0 saturated heterocycles. The summed E-state index contributed by atoms with van der Waals surface area (Å²) in [6, 6.07) is 1.89. The molecule has 0 radical (unpaired) electrons. The van der Waals surface area contributed by atoms with Crippen LogP contribution in [-0.4, -0.2) is 78.9 Å². The van der Waals surface area contributed by atoms with Crippen LogP contribution in [0.15, 0.2) is 96.0 Å². The number of hydrogen-bond acceptors (Lipinski definition) is 16. The highest BCUT2D eigenvalue weighted by atomic mass is 16.3. The Hall–Kier alpha value is -8.02. The zero-order valence-corrected chi connectivity index (χ0v) is 26.1. The molecule has 0 aromatic carbocycles. The van der Waals surface area contributed by atoms with E-state index in [0.29, 0.717) is 89.8 Å². The molecule has 0 aliphatic rings. The van der Waals surface area contributed by atoms with Crippen molar-refractivity contribution in [2.24, 2.45) is 0 Å². The van der Waals surface area contributed by atoms with Crippen molar-refractivity contribution >= 4 is 88.4 Å². The van der Waals surface area contributed by atoms with E-state index in [4.69, 9.17) is 23.8 Å². The van der Waals surface area contributed by atoms with Crippen molar-refractivity contribution in [3.05, 3.63) is 87.1 Å². The standard InChI is InChI=1S/C34H14N16O2/c1-2-40-33-27(39-1)26-20(49(33)21-8-35-4-16-17-5-36-13-47-34(17)52-29(16)21)9-42-31(48-26)28-30-25(44-14-45-28)15-3-23(41-10-22(15)51-30)50-19-7-38-11-43-24(19)18-6-37-12-46-32(18)50/h1-14H. The van der Waals surface area contributed by atoms with Gasteiger partial charge >= 0.3 is 0 Å². The molecule has 0 saturated carbocycles. The molecule has 0 N–H and O–H groups in total. The first-order valence-electron chi connectivity index (χ1n) is 15.7. The fourth-order valence-corrected chi connectivity index (χ4v) is 6.88. The topological polar surface area (TPSA) is 217 Å². The van der Waals surface area contributed by atoms with Gasteiger partial charge in [-0.3, -0.25) is 14.1 Å². The quantitative estimate of drug-likeness (QED) is 0.243. The van der Waals surface area contributed by atoms with Crippen molar-refractivity contribution < 1.29 is 8.83 Å². The van der Waals surface area contributed by atoms with E-state index in [1.165, 1.54) is 25.3 Å². The third-order valence-corrected chi connectivity index (χ3v) is 9.07. The van der Waals surface area contributed by atoms with Crippen molar-refractivity contribution in [2.45, 2.75) is 0 Å². The van der Waals surface area contributed by atoms with Crippen LogP contribution in [0.2, 0.25) is 0 Å². The number of nitrogens with zero attached hydrogens (tertiary/aromatic N) is 16. The molecule has 0 fully saturated rings. The summed E-state index contributed by atoms with van der Waals surface area (Å²) in [5, 5.41) is 3.00. The monoisotopic (exact) mass is 678 g/mol.